The van der Waals surface area contributed by atoms with Gasteiger partial charge in [0.25, 0.3) is 0 Å². The molecule has 2 aromatic rings. The quantitative estimate of drug-likeness (QED) is 0.771. The van der Waals surface area contributed by atoms with Crippen LogP contribution in [0.2, 0.25) is 0 Å². The monoisotopic (exact) mass is 202 g/mol. The van der Waals surface area contributed by atoms with E-state index in [0.717, 1.165) is 17.3 Å². The molecular weight excluding hydrogens is 188 g/mol. The number of nitrogens with two attached hydrogens (primary N) is 1. The third kappa shape index (κ3) is 2.44. The Balaban J connectivity index is 2.16. The number of aromatic nitrogens is 1. The van der Waals surface area contributed by atoms with Crippen LogP contribution in [0.3, 0.4) is 0 Å². The summed E-state index contributed by atoms with van der Waals surface area (Å²) in [5.41, 5.74) is 6.34. The molecule has 0 saturated carbocycles. The second-order valence-electron chi connectivity index (χ2n) is 3.33. The minimum absolute atomic E-state index is 0.627. The predicted octanol–water partition coefficient (Wildman–Crippen LogP) is 1.96. The molecule has 0 aliphatic heterocycles. The molecule has 0 bridgehead atoms. The molecule has 3 nitrogen and oxygen atoms in total. The largest absolute Gasteiger partial charge is 0.478 e. The van der Waals surface area contributed by atoms with E-state index in [-0.39, 0.29) is 0 Å². The van der Waals surface area contributed by atoms with Gasteiger partial charge < -0.3 is 10.5 Å². The number of nitrogens with zero attached hydrogens (tertiary/aromatic N) is 1. The summed E-state index contributed by atoms with van der Waals surface area (Å²) >= 11 is 0. The van der Waals surface area contributed by atoms with Crippen LogP contribution in [0.1, 0.15) is 6.42 Å². The van der Waals surface area contributed by atoms with E-state index >= 15 is 0 Å². The van der Waals surface area contributed by atoms with E-state index in [1.54, 1.807) is 0 Å². The molecule has 78 valence electrons. The molecule has 1 aromatic heterocycles. The predicted molar refractivity (Wildman–Crippen MR) is 60.9 cm³/mol. The number of benzene rings is 1. The highest BCUT2D eigenvalue weighted by atomic mass is 16.5. The fourth-order valence-corrected chi connectivity index (χ4v) is 1.39. The van der Waals surface area contributed by atoms with Crippen molar-refractivity contribution in [2.75, 3.05) is 13.2 Å². The van der Waals surface area contributed by atoms with Crippen LogP contribution >= 0.6 is 0 Å². The highest BCUT2D eigenvalue weighted by molar-refractivity contribution is 5.78. The van der Waals surface area contributed by atoms with Crippen LogP contribution in [0, 0.1) is 0 Å². The van der Waals surface area contributed by atoms with Gasteiger partial charge in [0.05, 0.1) is 12.1 Å². The molecule has 0 spiro atoms. The molecular formula is C12H14N2O. The maximum absolute atomic E-state index is 5.46. The number of hydrogen-bond donors (Lipinski definition) is 1. The zero-order valence-corrected chi connectivity index (χ0v) is 8.52. The Morgan fingerprint density at radius 3 is 2.87 bits per heavy atom. The Bertz CT molecular complexity index is 442. The van der Waals surface area contributed by atoms with E-state index in [2.05, 4.69) is 4.98 Å². The van der Waals surface area contributed by atoms with Crippen molar-refractivity contribution < 1.29 is 4.74 Å². The third-order valence-corrected chi connectivity index (χ3v) is 2.17. The summed E-state index contributed by atoms with van der Waals surface area (Å²) in [5, 5.41) is 1.13. The highest BCUT2D eigenvalue weighted by Crippen LogP contribution is 2.15. The van der Waals surface area contributed by atoms with Crippen molar-refractivity contribution in [2.24, 2.45) is 5.73 Å². The minimum Gasteiger partial charge on any atom is -0.478 e. The van der Waals surface area contributed by atoms with Crippen LogP contribution < -0.4 is 10.5 Å². The molecule has 1 aromatic carbocycles. The molecule has 2 N–H and O–H groups in total. The van der Waals surface area contributed by atoms with Gasteiger partial charge in [0.15, 0.2) is 0 Å². The zero-order valence-electron chi connectivity index (χ0n) is 8.52. The highest BCUT2D eigenvalue weighted by Gasteiger charge is 1.97. The van der Waals surface area contributed by atoms with E-state index in [1.807, 2.05) is 36.4 Å². The van der Waals surface area contributed by atoms with Crippen molar-refractivity contribution in [3.63, 3.8) is 0 Å². The molecule has 0 aliphatic carbocycles. The van der Waals surface area contributed by atoms with Crippen molar-refractivity contribution >= 4 is 10.9 Å². The Hall–Kier alpha value is -1.61. The maximum Gasteiger partial charge on any atom is 0.213 e. The van der Waals surface area contributed by atoms with Crippen LogP contribution in [-0.2, 0) is 0 Å². The molecule has 0 atom stereocenters. The number of fused-ring (bicyclic) bond motifs is 1. The molecule has 0 unspecified atom stereocenters. The Morgan fingerprint density at radius 2 is 2.00 bits per heavy atom. The number of para-hydroxylation sites is 1. The molecule has 3 heteroatoms. The van der Waals surface area contributed by atoms with Crippen molar-refractivity contribution in [3.05, 3.63) is 36.4 Å². The average molecular weight is 202 g/mol. The second kappa shape index (κ2) is 4.75. The normalized spacial score (nSPS) is 10.5. The van der Waals surface area contributed by atoms with E-state index in [1.165, 1.54) is 0 Å². The van der Waals surface area contributed by atoms with Gasteiger partial charge in [0, 0.05) is 11.5 Å². The minimum atomic E-state index is 0.627. The second-order valence-corrected chi connectivity index (χ2v) is 3.33. The number of ether oxygens (including phenoxy) is 1. The summed E-state index contributed by atoms with van der Waals surface area (Å²) in [7, 11) is 0. The zero-order chi connectivity index (χ0) is 10.5. The van der Waals surface area contributed by atoms with E-state index in [9.17, 15) is 0 Å². The SMILES string of the molecule is NCCCOc1ccc2ccccc2n1. The number of hydrogen-bond acceptors (Lipinski definition) is 3. The first-order valence-electron chi connectivity index (χ1n) is 5.09. The van der Waals surface area contributed by atoms with Crippen molar-refractivity contribution in [2.45, 2.75) is 6.42 Å². The van der Waals surface area contributed by atoms with Gasteiger partial charge in [-0.1, -0.05) is 18.2 Å². The third-order valence-electron chi connectivity index (χ3n) is 2.17. The number of pyridine rings is 1. The Morgan fingerprint density at radius 1 is 1.13 bits per heavy atom. The Labute approximate surface area is 88.9 Å². The van der Waals surface area contributed by atoms with Crippen LogP contribution in [0.5, 0.6) is 5.88 Å². The summed E-state index contributed by atoms with van der Waals surface area (Å²) in [6.45, 7) is 1.27. The van der Waals surface area contributed by atoms with Gasteiger partial charge >= 0.3 is 0 Å². The lowest BCUT2D eigenvalue weighted by Crippen LogP contribution is -2.06. The van der Waals surface area contributed by atoms with Crippen LogP contribution in [-0.4, -0.2) is 18.1 Å². The molecule has 0 saturated heterocycles. The molecule has 0 aliphatic rings. The molecule has 0 fully saturated rings. The summed E-state index contributed by atoms with van der Waals surface area (Å²) in [6, 6.07) is 11.9. The average Bonchev–Trinajstić information content (AvgIpc) is 2.29. The van der Waals surface area contributed by atoms with Gasteiger partial charge in [0.2, 0.25) is 5.88 Å². The first-order chi connectivity index (χ1) is 7.40. The molecule has 1 heterocycles. The standard InChI is InChI=1S/C12H14N2O/c13-8-3-9-15-12-7-6-10-4-1-2-5-11(10)14-12/h1-2,4-7H,3,8-9,13H2. The van der Waals surface area contributed by atoms with Crippen LogP contribution in [0.25, 0.3) is 10.9 Å². The summed E-state index contributed by atoms with van der Waals surface area (Å²) < 4.78 is 5.46. The van der Waals surface area contributed by atoms with Crippen molar-refractivity contribution in [1.29, 1.82) is 0 Å². The van der Waals surface area contributed by atoms with Gasteiger partial charge in [-0.25, -0.2) is 4.98 Å². The van der Waals surface area contributed by atoms with Crippen molar-refractivity contribution in [3.8, 4) is 5.88 Å². The summed E-state index contributed by atoms with van der Waals surface area (Å²) in [5.74, 6) is 0.669. The summed E-state index contributed by atoms with van der Waals surface area (Å²) in [6.07, 6.45) is 0.856. The van der Waals surface area contributed by atoms with Gasteiger partial charge in [0.1, 0.15) is 0 Å². The van der Waals surface area contributed by atoms with Gasteiger partial charge in [-0.15, -0.1) is 0 Å². The van der Waals surface area contributed by atoms with Crippen molar-refractivity contribution in [1.82, 2.24) is 4.98 Å². The van der Waals surface area contributed by atoms with Gasteiger partial charge in [-0.05, 0) is 25.1 Å². The van der Waals surface area contributed by atoms with Gasteiger partial charge in [-0.3, -0.25) is 0 Å². The van der Waals surface area contributed by atoms with E-state index in [0.29, 0.717) is 19.0 Å². The fraction of sp³-hybridized carbons (Fsp3) is 0.250. The number of rotatable bonds is 4. The molecule has 2 rings (SSSR count). The van der Waals surface area contributed by atoms with Gasteiger partial charge in [-0.2, -0.15) is 0 Å². The van der Waals surface area contributed by atoms with Crippen LogP contribution in [0.4, 0.5) is 0 Å². The first-order valence-corrected chi connectivity index (χ1v) is 5.09. The lowest BCUT2D eigenvalue weighted by molar-refractivity contribution is 0.302. The summed E-state index contributed by atoms with van der Waals surface area (Å²) in [4.78, 5) is 4.38. The first kappa shape index (κ1) is 9.93. The molecule has 0 radical (unpaired) electrons. The Kier molecular flexibility index (Phi) is 3.15. The smallest absolute Gasteiger partial charge is 0.213 e. The molecule has 0 amide bonds. The van der Waals surface area contributed by atoms with Crippen LogP contribution in [0.15, 0.2) is 36.4 Å². The maximum atomic E-state index is 5.46. The van der Waals surface area contributed by atoms with E-state index < -0.39 is 0 Å². The lowest BCUT2D eigenvalue weighted by Gasteiger charge is -2.04. The molecule has 15 heavy (non-hydrogen) atoms. The fourth-order valence-electron chi connectivity index (χ4n) is 1.39. The topological polar surface area (TPSA) is 48.1 Å². The van der Waals surface area contributed by atoms with E-state index in [4.69, 9.17) is 10.5 Å². The lowest BCUT2D eigenvalue weighted by atomic mass is 10.2.